The van der Waals surface area contributed by atoms with Crippen molar-refractivity contribution in [3.8, 4) is 27.6 Å². The van der Waals surface area contributed by atoms with Crippen LogP contribution in [0.4, 0.5) is 0 Å². The minimum Gasteiger partial charge on any atom is -0.493 e. The lowest BCUT2D eigenvalue weighted by atomic mass is 9.96. The van der Waals surface area contributed by atoms with Crippen LogP contribution in [0.2, 0.25) is 0 Å². The Balaban J connectivity index is 1.48. The standard InChI is InChI=1S/C24H31N7OS/c1-14(2)20-21(17-10-18(32-5)23-26-13-27-31(23)12-17)28-29-22(20)19-11-25-24(33-19)16-6-8-30(9-7-16)15(3)4/h10-16H,6-9H2,1-5H3,(H,28,29). The molecule has 1 N–H and O–H groups in total. The smallest absolute Gasteiger partial charge is 0.197 e. The Kier molecular flexibility index (Phi) is 5.92. The number of nitrogens with zero attached hydrogens (tertiary/aromatic N) is 6. The highest BCUT2D eigenvalue weighted by Crippen LogP contribution is 2.40. The summed E-state index contributed by atoms with van der Waals surface area (Å²) in [4.78, 5) is 12.8. The maximum atomic E-state index is 5.56. The maximum Gasteiger partial charge on any atom is 0.197 e. The Morgan fingerprint density at radius 1 is 1.15 bits per heavy atom. The third-order valence-electron chi connectivity index (χ3n) is 6.60. The molecule has 174 valence electrons. The van der Waals surface area contributed by atoms with Crippen molar-refractivity contribution in [3.05, 3.63) is 35.4 Å². The Morgan fingerprint density at radius 3 is 2.64 bits per heavy atom. The van der Waals surface area contributed by atoms with E-state index in [4.69, 9.17) is 14.8 Å². The van der Waals surface area contributed by atoms with Gasteiger partial charge in [-0.05, 0) is 51.8 Å². The number of hydrogen-bond donors (Lipinski definition) is 1. The first kappa shape index (κ1) is 22.0. The van der Waals surface area contributed by atoms with Gasteiger partial charge in [-0.2, -0.15) is 10.2 Å². The summed E-state index contributed by atoms with van der Waals surface area (Å²) in [7, 11) is 1.65. The summed E-state index contributed by atoms with van der Waals surface area (Å²) in [6, 6.07) is 2.61. The van der Waals surface area contributed by atoms with Crippen LogP contribution < -0.4 is 4.74 Å². The molecule has 1 fully saturated rings. The van der Waals surface area contributed by atoms with Gasteiger partial charge in [0.25, 0.3) is 0 Å². The molecule has 4 aromatic rings. The zero-order valence-electron chi connectivity index (χ0n) is 19.9. The number of aromatic nitrogens is 6. The number of piperidine rings is 1. The van der Waals surface area contributed by atoms with Gasteiger partial charge in [-0.1, -0.05) is 13.8 Å². The van der Waals surface area contributed by atoms with Crippen molar-refractivity contribution in [1.82, 2.24) is 34.7 Å². The molecule has 33 heavy (non-hydrogen) atoms. The first-order chi connectivity index (χ1) is 16.0. The summed E-state index contributed by atoms with van der Waals surface area (Å²) < 4.78 is 7.31. The predicted molar refractivity (Wildman–Crippen MR) is 131 cm³/mol. The molecule has 4 aromatic heterocycles. The van der Waals surface area contributed by atoms with Crippen LogP contribution in [-0.2, 0) is 0 Å². The van der Waals surface area contributed by atoms with Crippen LogP contribution in [-0.4, -0.2) is 60.9 Å². The topological polar surface area (TPSA) is 84.2 Å². The van der Waals surface area contributed by atoms with Gasteiger partial charge in [-0.15, -0.1) is 11.3 Å². The molecule has 0 atom stereocenters. The van der Waals surface area contributed by atoms with Crippen molar-refractivity contribution in [2.24, 2.45) is 0 Å². The molecule has 5 rings (SSSR count). The molecule has 0 aliphatic carbocycles. The summed E-state index contributed by atoms with van der Waals surface area (Å²) in [5, 5.41) is 13.6. The fourth-order valence-corrected chi connectivity index (χ4v) is 5.84. The van der Waals surface area contributed by atoms with Crippen LogP contribution in [0.25, 0.3) is 27.5 Å². The molecule has 0 aromatic carbocycles. The van der Waals surface area contributed by atoms with Crippen molar-refractivity contribution in [3.63, 3.8) is 0 Å². The monoisotopic (exact) mass is 465 g/mol. The molecular weight excluding hydrogens is 434 g/mol. The number of thiazole rings is 1. The zero-order valence-corrected chi connectivity index (χ0v) is 20.7. The van der Waals surface area contributed by atoms with E-state index in [0.29, 0.717) is 23.4 Å². The molecule has 0 radical (unpaired) electrons. The van der Waals surface area contributed by atoms with Gasteiger partial charge < -0.3 is 9.64 Å². The number of H-pyrrole nitrogens is 1. The van der Waals surface area contributed by atoms with Crippen LogP contribution in [0.3, 0.4) is 0 Å². The second-order valence-electron chi connectivity index (χ2n) is 9.31. The number of aromatic amines is 1. The van der Waals surface area contributed by atoms with E-state index < -0.39 is 0 Å². The lowest BCUT2D eigenvalue weighted by Gasteiger charge is -2.33. The van der Waals surface area contributed by atoms with Crippen molar-refractivity contribution in [2.75, 3.05) is 20.2 Å². The van der Waals surface area contributed by atoms with E-state index in [2.05, 4.69) is 47.8 Å². The van der Waals surface area contributed by atoms with E-state index in [-0.39, 0.29) is 5.92 Å². The predicted octanol–water partition coefficient (Wildman–Crippen LogP) is 4.96. The highest BCUT2D eigenvalue weighted by atomic mass is 32.1. The van der Waals surface area contributed by atoms with Gasteiger partial charge in [0, 0.05) is 35.5 Å². The largest absolute Gasteiger partial charge is 0.493 e. The summed E-state index contributed by atoms with van der Waals surface area (Å²) in [6.07, 6.45) is 7.85. The van der Waals surface area contributed by atoms with E-state index in [1.54, 1.807) is 23.0 Å². The highest BCUT2D eigenvalue weighted by Gasteiger charge is 2.26. The minimum absolute atomic E-state index is 0.283. The van der Waals surface area contributed by atoms with E-state index in [9.17, 15) is 0 Å². The first-order valence-corrected chi connectivity index (χ1v) is 12.4. The molecule has 1 aliphatic heterocycles. The summed E-state index contributed by atoms with van der Waals surface area (Å²) in [5.74, 6) is 1.51. The molecule has 0 bridgehead atoms. The maximum absolute atomic E-state index is 5.56. The number of fused-ring (bicyclic) bond motifs is 1. The summed E-state index contributed by atoms with van der Waals surface area (Å²) >= 11 is 1.79. The molecule has 1 aliphatic rings. The molecule has 0 unspecified atom stereocenters. The molecule has 8 nitrogen and oxygen atoms in total. The van der Waals surface area contributed by atoms with Gasteiger partial charge >= 0.3 is 0 Å². The van der Waals surface area contributed by atoms with E-state index >= 15 is 0 Å². The number of rotatable bonds is 6. The second-order valence-corrected chi connectivity index (χ2v) is 10.4. The second kappa shape index (κ2) is 8.87. The van der Waals surface area contributed by atoms with Gasteiger partial charge in [-0.3, -0.25) is 5.10 Å². The Hall–Kier alpha value is -2.78. The molecule has 0 saturated carbocycles. The van der Waals surface area contributed by atoms with Gasteiger partial charge in [0.1, 0.15) is 12.0 Å². The van der Waals surface area contributed by atoms with E-state index in [1.165, 1.54) is 29.7 Å². The van der Waals surface area contributed by atoms with Gasteiger partial charge in [0.15, 0.2) is 11.4 Å². The average molecular weight is 466 g/mol. The SMILES string of the molecule is COc1cc(-c2[nH]nc(-c3cnc(C4CCN(C(C)C)CC4)s3)c2C(C)C)cn2ncnc12. The van der Waals surface area contributed by atoms with Crippen LogP contribution in [0.1, 0.15) is 62.9 Å². The normalized spacial score (nSPS) is 15.8. The first-order valence-electron chi connectivity index (χ1n) is 11.6. The lowest BCUT2D eigenvalue weighted by molar-refractivity contribution is 0.172. The molecule has 0 spiro atoms. The Labute approximate surface area is 198 Å². The fourth-order valence-electron chi connectivity index (χ4n) is 4.75. The van der Waals surface area contributed by atoms with Gasteiger partial charge in [0.2, 0.25) is 0 Å². The summed E-state index contributed by atoms with van der Waals surface area (Å²) in [5.41, 5.74) is 4.82. The molecule has 9 heteroatoms. The summed E-state index contributed by atoms with van der Waals surface area (Å²) in [6.45, 7) is 11.3. The zero-order chi connectivity index (χ0) is 23.1. The minimum atomic E-state index is 0.283. The Bertz CT molecular complexity index is 1250. The number of likely N-dealkylation sites (tertiary alicyclic amines) is 1. The van der Waals surface area contributed by atoms with Crippen molar-refractivity contribution in [1.29, 1.82) is 0 Å². The van der Waals surface area contributed by atoms with Crippen LogP contribution >= 0.6 is 11.3 Å². The number of ether oxygens (including phenoxy) is 1. The van der Waals surface area contributed by atoms with Crippen molar-refractivity contribution < 1.29 is 4.74 Å². The Morgan fingerprint density at radius 2 is 1.94 bits per heavy atom. The van der Waals surface area contributed by atoms with E-state index in [0.717, 1.165) is 34.9 Å². The van der Waals surface area contributed by atoms with E-state index in [1.807, 2.05) is 18.5 Å². The highest BCUT2D eigenvalue weighted by molar-refractivity contribution is 7.15. The fraction of sp³-hybridized carbons (Fsp3) is 0.500. The average Bonchev–Trinajstić information content (AvgIpc) is 3.57. The number of methoxy groups -OCH3 is 1. The van der Waals surface area contributed by atoms with Gasteiger partial charge in [-0.25, -0.2) is 14.5 Å². The molecule has 5 heterocycles. The number of hydrogen-bond acceptors (Lipinski definition) is 7. The lowest BCUT2D eigenvalue weighted by Crippen LogP contribution is -2.37. The van der Waals surface area contributed by atoms with Crippen LogP contribution in [0.15, 0.2) is 24.8 Å². The van der Waals surface area contributed by atoms with Crippen LogP contribution in [0, 0.1) is 0 Å². The van der Waals surface area contributed by atoms with Crippen molar-refractivity contribution in [2.45, 2.75) is 58.4 Å². The van der Waals surface area contributed by atoms with Crippen LogP contribution in [0.5, 0.6) is 5.75 Å². The molecular formula is C24H31N7OS. The third kappa shape index (κ3) is 4.04. The quantitative estimate of drug-likeness (QED) is 0.433. The number of pyridine rings is 1. The molecule has 1 saturated heterocycles. The van der Waals surface area contributed by atoms with Gasteiger partial charge in [0.05, 0.1) is 22.7 Å². The molecule has 0 amide bonds. The van der Waals surface area contributed by atoms with Crippen molar-refractivity contribution >= 4 is 17.0 Å². The third-order valence-corrected chi connectivity index (χ3v) is 7.76. The number of nitrogens with one attached hydrogen (secondary N) is 1.